The van der Waals surface area contributed by atoms with Gasteiger partial charge in [0.1, 0.15) is 23.1 Å². The number of nitrogens with zero attached hydrogens (tertiary/aromatic N) is 1. The van der Waals surface area contributed by atoms with Gasteiger partial charge in [0.15, 0.2) is 0 Å². The second kappa shape index (κ2) is 6.40. The molecule has 0 saturated heterocycles. The van der Waals surface area contributed by atoms with E-state index in [1.165, 1.54) is 0 Å². The van der Waals surface area contributed by atoms with Gasteiger partial charge in [-0.15, -0.1) is 0 Å². The Morgan fingerprint density at radius 1 is 1.12 bits per heavy atom. The van der Waals surface area contributed by atoms with Crippen molar-refractivity contribution in [1.82, 2.24) is 0 Å². The van der Waals surface area contributed by atoms with Crippen molar-refractivity contribution in [2.45, 2.75) is 5.92 Å². The molecule has 1 heterocycles. The van der Waals surface area contributed by atoms with Crippen LogP contribution < -0.4 is 15.2 Å². The molecule has 4 nitrogen and oxygen atoms in total. The fourth-order valence-electron chi connectivity index (χ4n) is 3.40. The molecular formula is C21H15BrN2O2. The van der Waals surface area contributed by atoms with Crippen LogP contribution in [0.2, 0.25) is 0 Å². The maximum absolute atomic E-state index is 9.74. The third-order valence-electron chi connectivity index (χ3n) is 4.62. The lowest BCUT2D eigenvalue weighted by Gasteiger charge is -2.28. The van der Waals surface area contributed by atoms with Gasteiger partial charge in [0.25, 0.3) is 0 Å². The predicted octanol–water partition coefficient (Wildman–Crippen LogP) is 4.83. The van der Waals surface area contributed by atoms with Crippen molar-refractivity contribution >= 4 is 26.7 Å². The summed E-state index contributed by atoms with van der Waals surface area (Å²) in [5.74, 6) is 1.30. The molecule has 3 aromatic rings. The number of hydrogen-bond donors (Lipinski definition) is 1. The number of benzene rings is 3. The molecule has 1 atom stereocenters. The minimum Gasteiger partial charge on any atom is -0.497 e. The Labute approximate surface area is 159 Å². The van der Waals surface area contributed by atoms with E-state index in [2.05, 4.69) is 28.1 Å². The van der Waals surface area contributed by atoms with Crippen LogP contribution in [0, 0.1) is 11.3 Å². The van der Waals surface area contributed by atoms with Gasteiger partial charge in [-0.2, -0.15) is 5.26 Å². The Hall–Kier alpha value is -2.97. The number of halogens is 1. The lowest BCUT2D eigenvalue weighted by molar-refractivity contribution is 0.395. The van der Waals surface area contributed by atoms with Gasteiger partial charge in [-0.1, -0.05) is 40.2 Å². The summed E-state index contributed by atoms with van der Waals surface area (Å²) < 4.78 is 12.0. The van der Waals surface area contributed by atoms with Crippen LogP contribution in [-0.4, -0.2) is 7.11 Å². The van der Waals surface area contributed by atoms with Gasteiger partial charge in [0.05, 0.1) is 13.0 Å². The molecule has 3 aromatic carbocycles. The van der Waals surface area contributed by atoms with E-state index in [1.807, 2.05) is 48.5 Å². The minimum atomic E-state index is -0.292. The molecule has 5 heteroatoms. The molecule has 0 radical (unpaired) electrons. The van der Waals surface area contributed by atoms with Crippen LogP contribution >= 0.6 is 15.9 Å². The Balaban J connectivity index is 2.01. The predicted molar refractivity (Wildman–Crippen MR) is 104 cm³/mol. The highest BCUT2D eigenvalue weighted by atomic mass is 79.9. The van der Waals surface area contributed by atoms with E-state index in [9.17, 15) is 5.26 Å². The molecule has 0 aromatic heterocycles. The van der Waals surface area contributed by atoms with Crippen LogP contribution in [0.4, 0.5) is 0 Å². The van der Waals surface area contributed by atoms with Gasteiger partial charge in [-0.25, -0.2) is 0 Å². The summed E-state index contributed by atoms with van der Waals surface area (Å²) in [6.45, 7) is 0. The average Bonchev–Trinajstić information content (AvgIpc) is 2.66. The highest BCUT2D eigenvalue weighted by molar-refractivity contribution is 9.10. The van der Waals surface area contributed by atoms with Crippen LogP contribution in [0.1, 0.15) is 17.0 Å². The number of rotatable bonds is 2. The molecule has 0 amide bonds. The first-order valence-electron chi connectivity index (χ1n) is 8.06. The number of allylic oxidation sites excluding steroid dienone is 1. The van der Waals surface area contributed by atoms with Crippen LogP contribution in [-0.2, 0) is 0 Å². The standard InChI is InChI=1S/C21H15BrN2O2/c1-25-15-6-2-12(3-7-15)19-17(11-23)21(24)26-18-9-4-13-10-14(22)5-8-16(13)20(18)19/h2-10,19H,24H2,1H3. The summed E-state index contributed by atoms with van der Waals surface area (Å²) in [7, 11) is 1.63. The Morgan fingerprint density at radius 3 is 2.58 bits per heavy atom. The molecule has 1 unspecified atom stereocenters. The Kier molecular flexibility index (Phi) is 4.06. The molecule has 4 rings (SSSR count). The smallest absolute Gasteiger partial charge is 0.205 e. The van der Waals surface area contributed by atoms with Crippen molar-refractivity contribution in [3.63, 3.8) is 0 Å². The maximum Gasteiger partial charge on any atom is 0.205 e. The first-order chi connectivity index (χ1) is 12.6. The van der Waals surface area contributed by atoms with Crippen molar-refractivity contribution < 1.29 is 9.47 Å². The molecule has 1 aliphatic rings. The number of methoxy groups -OCH3 is 1. The van der Waals surface area contributed by atoms with Crippen LogP contribution in [0.5, 0.6) is 11.5 Å². The van der Waals surface area contributed by atoms with Crippen molar-refractivity contribution in [3.8, 4) is 17.6 Å². The molecule has 1 aliphatic heterocycles. The van der Waals surface area contributed by atoms with Gasteiger partial charge in [-0.3, -0.25) is 0 Å². The monoisotopic (exact) mass is 406 g/mol. The molecule has 0 fully saturated rings. The van der Waals surface area contributed by atoms with Crippen LogP contribution in [0.3, 0.4) is 0 Å². The summed E-state index contributed by atoms with van der Waals surface area (Å²) >= 11 is 3.51. The third-order valence-corrected chi connectivity index (χ3v) is 5.11. The summed E-state index contributed by atoms with van der Waals surface area (Å²) in [4.78, 5) is 0. The lowest BCUT2D eigenvalue weighted by atomic mass is 9.81. The van der Waals surface area contributed by atoms with Gasteiger partial charge >= 0.3 is 0 Å². The molecule has 0 saturated carbocycles. The zero-order chi connectivity index (χ0) is 18.3. The number of hydrogen-bond acceptors (Lipinski definition) is 4. The summed E-state index contributed by atoms with van der Waals surface area (Å²) in [5, 5.41) is 11.8. The Morgan fingerprint density at radius 2 is 1.88 bits per heavy atom. The number of nitrogens with two attached hydrogens (primary N) is 1. The summed E-state index contributed by atoms with van der Waals surface area (Å²) in [5.41, 5.74) is 8.39. The van der Waals surface area contributed by atoms with Gasteiger partial charge in [-0.05, 0) is 46.7 Å². The van der Waals surface area contributed by atoms with E-state index in [-0.39, 0.29) is 11.8 Å². The van der Waals surface area contributed by atoms with E-state index < -0.39 is 0 Å². The molecular weight excluding hydrogens is 392 g/mol. The quantitative estimate of drug-likeness (QED) is 0.661. The number of ether oxygens (including phenoxy) is 2. The van der Waals surface area contributed by atoms with E-state index >= 15 is 0 Å². The van der Waals surface area contributed by atoms with Crippen molar-refractivity contribution in [3.05, 3.63) is 81.7 Å². The Bertz CT molecular complexity index is 1080. The SMILES string of the molecule is COc1ccc(C2C(C#N)=C(N)Oc3ccc4cc(Br)ccc4c32)cc1. The second-order valence-electron chi connectivity index (χ2n) is 6.04. The van der Waals surface area contributed by atoms with E-state index in [0.29, 0.717) is 11.3 Å². The largest absolute Gasteiger partial charge is 0.497 e. The highest BCUT2D eigenvalue weighted by Crippen LogP contribution is 2.46. The molecule has 0 aliphatic carbocycles. The first-order valence-corrected chi connectivity index (χ1v) is 8.85. The topological polar surface area (TPSA) is 68.3 Å². The van der Waals surface area contributed by atoms with Gasteiger partial charge < -0.3 is 15.2 Å². The lowest BCUT2D eigenvalue weighted by Crippen LogP contribution is -2.21. The van der Waals surface area contributed by atoms with Gasteiger partial charge in [0.2, 0.25) is 5.88 Å². The minimum absolute atomic E-state index is 0.150. The zero-order valence-corrected chi connectivity index (χ0v) is 15.6. The van der Waals surface area contributed by atoms with Crippen molar-refractivity contribution in [2.75, 3.05) is 7.11 Å². The van der Waals surface area contributed by atoms with E-state index in [4.69, 9.17) is 15.2 Å². The van der Waals surface area contributed by atoms with E-state index in [1.54, 1.807) is 7.11 Å². The number of nitriles is 1. The average molecular weight is 407 g/mol. The highest BCUT2D eigenvalue weighted by Gasteiger charge is 2.32. The second-order valence-corrected chi connectivity index (χ2v) is 6.96. The zero-order valence-electron chi connectivity index (χ0n) is 14.0. The molecule has 26 heavy (non-hydrogen) atoms. The van der Waals surface area contributed by atoms with Gasteiger partial charge in [0, 0.05) is 10.0 Å². The number of fused-ring (bicyclic) bond motifs is 3. The first kappa shape index (κ1) is 16.5. The van der Waals surface area contributed by atoms with E-state index in [0.717, 1.165) is 32.1 Å². The third kappa shape index (κ3) is 2.59. The van der Waals surface area contributed by atoms with Crippen LogP contribution in [0.15, 0.2) is 70.5 Å². The summed E-state index contributed by atoms with van der Waals surface area (Å²) in [6, 6.07) is 19.9. The normalized spacial score (nSPS) is 16.0. The van der Waals surface area contributed by atoms with Crippen molar-refractivity contribution in [1.29, 1.82) is 5.26 Å². The summed E-state index contributed by atoms with van der Waals surface area (Å²) in [6.07, 6.45) is 0. The maximum atomic E-state index is 9.74. The molecule has 2 N–H and O–H groups in total. The van der Waals surface area contributed by atoms with Crippen LogP contribution in [0.25, 0.3) is 10.8 Å². The molecule has 128 valence electrons. The fraction of sp³-hybridized carbons (Fsp3) is 0.0952. The fourth-order valence-corrected chi connectivity index (χ4v) is 3.78. The van der Waals surface area contributed by atoms with Crippen molar-refractivity contribution in [2.24, 2.45) is 5.73 Å². The molecule has 0 bridgehead atoms. The molecule has 0 spiro atoms.